The first-order chi connectivity index (χ1) is 9.97. The van der Waals surface area contributed by atoms with Gasteiger partial charge in [-0.25, -0.2) is 4.39 Å². The Balaban J connectivity index is 2.04. The van der Waals surface area contributed by atoms with E-state index in [2.05, 4.69) is 5.32 Å². The summed E-state index contributed by atoms with van der Waals surface area (Å²) in [5.74, 6) is -0.658. The quantitative estimate of drug-likeness (QED) is 0.887. The number of hydrogen-bond donors (Lipinski definition) is 2. The average Bonchev–Trinajstić information content (AvgIpc) is 2.45. The van der Waals surface area contributed by atoms with Crippen LogP contribution in [0.4, 0.5) is 4.39 Å². The van der Waals surface area contributed by atoms with Crippen molar-refractivity contribution in [2.24, 2.45) is 5.73 Å². The molecule has 3 nitrogen and oxygen atoms in total. The van der Waals surface area contributed by atoms with Gasteiger partial charge in [-0.2, -0.15) is 0 Å². The molecule has 1 amide bonds. The number of amides is 1. The molecule has 2 aromatic carbocycles. The largest absolute Gasteiger partial charge is 0.366 e. The predicted molar refractivity (Wildman–Crippen MR) is 81.4 cm³/mol. The molecule has 0 fully saturated rings. The molecule has 0 aliphatic rings. The highest BCUT2D eigenvalue weighted by molar-refractivity contribution is 5.93. The number of rotatable bonds is 5. The van der Waals surface area contributed by atoms with Gasteiger partial charge in [0.2, 0.25) is 5.91 Å². The molecule has 0 heterocycles. The first kappa shape index (κ1) is 15.2. The fourth-order valence-corrected chi connectivity index (χ4v) is 2.20. The third-order valence-corrected chi connectivity index (χ3v) is 3.57. The summed E-state index contributed by atoms with van der Waals surface area (Å²) in [4.78, 5) is 11.1. The van der Waals surface area contributed by atoms with Gasteiger partial charge in [-0.1, -0.05) is 18.2 Å². The van der Waals surface area contributed by atoms with Crippen molar-refractivity contribution in [1.29, 1.82) is 0 Å². The monoisotopic (exact) mass is 286 g/mol. The van der Waals surface area contributed by atoms with E-state index in [1.807, 2.05) is 26.0 Å². The van der Waals surface area contributed by atoms with E-state index >= 15 is 0 Å². The number of aryl methyl sites for hydroxylation is 1. The molecule has 0 saturated heterocycles. The molecule has 21 heavy (non-hydrogen) atoms. The summed E-state index contributed by atoms with van der Waals surface area (Å²) in [6.07, 6.45) is 0. The van der Waals surface area contributed by atoms with Crippen LogP contribution in [0.15, 0.2) is 42.5 Å². The molecule has 0 aliphatic heterocycles. The first-order valence-electron chi connectivity index (χ1n) is 6.85. The normalized spacial score (nSPS) is 12.1. The lowest BCUT2D eigenvalue weighted by atomic mass is 10.0. The van der Waals surface area contributed by atoms with Gasteiger partial charge in [0.25, 0.3) is 0 Å². The molecular weight excluding hydrogens is 267 g/mol. The number of carbonyl (C=O) groups is 1. The molecule has 2 rings (SSSR count). The highest BCUT2D eigenvalue weighted by atomic mass is 19.1. The second-order valence-corrected chi connectivity index (χ2v) is 5.16. The highest BCUT2D eigenvalue weighted by Crippen LogP contribution is 2.16. The van der Waals surface area contributed by atoms with Gasteiger partial charge < -0.3 is 11.1 Å². The zero-order valence-corrected chi connectivity index (χ0v) is 12.2. The van der Waals surface area contributed by atoms with E-state index in [9.17, 15) is 9.18 Å². The van der Waals surface area contributed by atoms with Crippen molar-refractivity contribution in [2.75, 3.05) is 0 Å². The van der Waals surface area contributed by atoms with Gasteiger partial charge in [0.15, 0.2) is 0 Å². The number of halogens is 1. The van der Waals surface area contributed by atoms with Crippen molar-refractivity contribution in [3.05, 3.63) is 70.5 Å². The molecule has 0 aliphatic carbocycles. The van der Waals surface area contributed by atoms with Crippen molar-refractivity contribution in [2.45, 2.75) is 26.4 Å². The van der Waals surface area contributed by atoms with E-state index in [-0.39, 0.29) is 11.9 Å². The molecular formula is C17H19FN2O. The lowest BCUT2D eigenvalue weighted by Gasteiger charge is -2.16. The number of nitrogens with one attached hydrogen (secondary N) is 1. The minimum Gasteiger partial charge on any atom is -0.366 e. The average molecular weight is 286 g/mol. The molecule has 0 radical (unpaired) electrons. The first-order valence-corrected chi connectivity index (χ1v) is 6.85. The Morgan fingerprint density at radius 2 is 2.05 bits per heavy atom. The lowest BCUT2D eigenvalue weighted by molar-refractivity contribution is 0.1000. The van der Waals surface area contributed by atoms with Gasteiger partial charge in [-0.3, -0.25) is 4.79 Å². The fourth-order valence-electron chi connectivity index (χ4n) is 2.20. The summed E-state index contributed by atoms with van der Waals surface area (Å²) in [7, 11) is 0. The topological polar surface area (TPSA) is 55.1 Å². The van der Waals surface area contributed by atoms with Crippen LogP contribution in [-0.2, 0) is 6.54 Å². The number of carbonyl (C=O) groups excluding carboxylic acids is 1. The summed E-state index contributed by atoms with van der Waals surface area (Å²) >= 11 is 0. The summed E-state index contributed by atoms with van der Waals surface area (Å²) in [5, 5.41) is 3.35. The maximum Gasteiger partial charge on any atom is 0.248 e. The van der Waals surface area contributed by atoms with Crippen LogP contribution in [0.1, 0.15) is 40.0 Å². The molecule has 4 heteroatoms. The van der Waals surface area contributed by atoms with E-state index < -0.39 is 5.91 Å². The fraction of sp³-hybridized carbons (Fsp3) is 0.235. The van der Waals surface area contributed by atoms with Crippen LogP contribution in [0.3, 0.4) is 0 Å². The van der Waals surface area contributed by atoms with Gasteiger partial charge in [-0.05, 0) is 54.8 Å². The maximum atomic E-state index is 13.2. The van der Waals surface area contributed by atoms with E-state index in [1.165, 1.54) is 12.1 Å². The molecule has 1 unspecified atom stereocenters. The van der Waals surface area contributed by atoms with Crippen molar-refractivity contribution in [3.63, 3.8) is 0 Å². The van der Waals surface area contributed by atoms with Gasteiger partial charge in [0.05, 0.1) is 0 Å². The molecule has 3 N–H and O–H groups in total. The van der Waals surface area contributed by atoms with Crippen LogP contribution in [0, 0.1) is 12.7 Å². The Hall–Kier alpha value is -2.20. The van der Waals surface area contributed by atoms with Crippen molar-refractivity contribution in [1.82, 2.24) is 5.32 Å². The second-order valence-electron chi connectivity index (χ2n) is 5.16. The summed E-state index contributed by atoms with van der Waals surface area (Å²) in [6, 6.07) is 12.0. The highest BCUT2D eigenvalue weighted by Gasteiger charge is 2.08. The molecule has 2 aromatic rings. The predicted octanol–water partition coefficient (Wildman–Crippen LogP) is 3.08. The molecule has 0 spiro atoms. The standard InChI is InChI=1S/C17H19FN2O/c1-11-8-14(17(19)21)6-7-15(11)10-20-12(2)13-4-3-5-16(18)9-13/h3-9,12,20H,10H2,1-2H3,(H2,19,21). The summed E-state index contributed by atoms with van der Waals surface area (Å²) < 4.78 is 13.2. The Bertz CT molecular complexity index is 655. The molecule has 1 atom stereocenters. The smallest absolute Gasteiger partial charge is 0.248 e. The molecule has 0 bridgehead atoms. The number of benzene rings is 2. The Kier molecular flexibility index (Phi) is 4.70. The second kappa shape index (κ2) is 6.50. The van der Waals surface area contributed by atoms with Crippen LogP contribution in [0.2, 0.25) is 0 Å². The van der Waals surface area contributed by atoms with E-state index in [0.29, 0.717) is 12.1 Å². The van der Waals surface area contributed by atoms with Crippen molar-refractivity contribution < 1.29 is 9.18 Å². The van der Waals surface area contributed by atoms with Gasteiger partial charge in [0.1, 0.15) is 5.82 Å². The molecule has 0 aromatic heterocycles. The van der Waals surface area contributed by atoms with Crippen LogP contribution in [-0.4, -0.2) is 5.91 Å². The van der Waals surface area contributed by atoms with E-state index in [4.69, 9.17) is 5.73 Å². The van der Waals surface area contributed by atoms with E-state index in [0.717, 1.165) is 16.7 Å². The summed E-state index contributed by atoms with van der Waals surface area (Å²) in [5.41, 5.74) is 8.76. The Labute approximate surface area is 124 Å². The maximum absolute atomic E-state index is 13.2. The zero-order valence-electron chi connectivity index (χ0n) is 12.2. The lowest BCUT2D eigenvalue weighted by Crippen LogP contribution is -2.19. The summed E-state index contributed by atoms with van der Waals surface area (Å²) in [6.45, 7) is 4.57. The Morgan fingerprint density at radius 1 is 1.29 bits per heavy atom. The number of primary amides is 1. The van der Waals surface area contributed by atoms with Gasteiger partial charge in [-0.15, -0.1) is 0 Å². The van der Waals surface area contributed by atoms with Crippen molar-refractivity contribution >= 4 is 5.91 Å². The van der Waals surface area contributed by atoms with Crippen LogP contribution in [0.25, 0.3) is 0 Å². The van der Waals surface area contributed by atoms with Crippen LogP contribution >= 0.6 is 0 Å². The van der Waals surface area contributed by atoms with Gasteiger partial charge >= 0.3 is 0 Å². The minimum atomic E-state index is -0.425. The Morgan fingerprint density at radius 3 is 2.67 bits per heavy atom. The van der Waals surface area contributed by atoms with E-state index in [1.54, 1.807) is 18.2 Å². The van der Waals surface area contributed by atoms with Gasteiger partial charge in [0, 0.05) is 18.2 Å². The van der Waals surface area contributed by atoms with Crippen LogP contribution < -0.4 is 11.1 Å². The molecule has 110 valence electrons. The van der Waals surface area contributed by atoms with Crippen LogP contribution in [0.5, 0.6) is 0 Å². The third-order valence-electron chi connectivity index (χ3n) is 3.57. The van der Waals surface area contributed by atoms with Crippen molar-refractivity contribution in [3.8, 4) is 0 Å². The SMILES string of the molecule is Cc1cc(C(N)=O)ccc1CNC(C)c1cccc(F)c1. The molecule has 0 saturated carbocycles. The number of hydrogen-bond acceptors (Lipinski definition) is 2. The third kappa shape index (κ3) is 3.89. The number of nitrogens with two attached hydrogens (primary N) is 1. The zero-order chi connectivity index (χ0) is 15.4. The minimum absolute atomic E-state index is 0.0379.